The fourth-order valence-electron chi connectivity index (χ4n) is 1.72. The monoisotopic (exact) mass is 201 g/mol. The average molecular weight is 201 g/mol. The molecule has 2 aromatic rings. The molecule has 2 aromatic carbocycles. The number of benzene rings is 2. The van der Waals surface area contributed by atoms with Gasteiger partial charge in [-0.3, -0.25) is 0 Å². The Balaban J connectivity index is 2.54. The summed E-state index contributed by atoms with van der Waals surface area (Å²) in [6.07, 6.45) is 0. The summed E-state index contributed by atoms with van der Waals surface area (Å²) in [4.78, 5) is 0. The Hall–Kier alpha value is -1.38. The Morgan fingerprint density at radius 2 is 1.87 bits per heavy atom. The van der Waals surface area contributed by atoms with Crippen LogP contribution in [0, 0.1) is 6.92 Å². The molecular formula is C13H15NO. The molecule has 3 N–H and O–H groups in total. The molecule has 2 rings (SSSR count). The van der Waals surface area contributed by atoms with Crippen LogP contribution in [0.15, 0.2) is 36.4 Å². The molecule has 0 radical (unpaired) electrons. The van der Waals surface area contributed by atoms with E-state index in [-0.39, 0.29) is 12.6 Å². The summed E-state index contributed by atoms with van der Waals surface area (Å²) in [5.41, 5.74) is 7.99. The maximum atomic E-state index is 8.99. The van der Waals surface area contributed by atoms with Gasteiger partial charge in [0.25, 0.3) is 0 Å². The predicted molar refractivity (Wildman–Crippen MR) is 62.7 cm³/mol. The van der Waals surface area contributed by atoms with E-state index in [0.29, 0.717) is 0 Å². The van der Waals surface area contributed by atoms with Crippen molar-refractivity contribution in [2.24, 2.45) is 5.73 Å². The normalized spacial score (nSPS) is 13.0. The first-order valence-corrected chi connectivity index (χ1v) is 5.07. The molecule has 0 saturated heterocycles. The van der Waals surface area contributed by atoms with Crippen LogP contribution in [0.25, 0.3) is 10.8 Å². The summed E-state index contributed by atoms with van der Waals surface area (Å²) < 4.78 is 0. The van der Waals surface area contributed by atoms with E-state index in [4.69, 9.17) is 10.8 Å². The molecule has 1 unspecified atom stereocenters. The van der Waals surface area contributed by atoms with Gasteiger partial charge < -0.3 is 10.8 Å². The lowest BCUT2D eigenvalue weighted by atomic mass is 10.0. The first-order valence-electron chi connectivity index (χ1n) is 5.07. The van der Waals surface area contributed by atoms with Gasteiger partial charge in [0.05, 0.1) is 12.6 Å². The number of hydrogen-bond donors (Lipinski definition) is 2. The molecule has 0 spiro atoms. The molecule has 15 heavy (non-hydrogen) atoms. The van der Waals surface area contributed by atoms with Crippen LogP contribution in [0.3, 0.4) is 0 Å². The summed E-state index contributed by atoms with van der Waals surface area (Å²) in [5.74, 6) is 0. The molecule has 0 heterocycles. The van der Waals surface area contributed by atoms with Gasteiger partial charge in [-0.1, -0.05) is 35.9 Å². The van der Waals surface area contributed by atoms with Crippen LogP contribution in [0.2, 0.25) is 0 Å². The Morgan fingerprint density at radius 3 is 2.60 bits per heavy atom. The van der Waals surface area contributed by atoms with Gasteiger partial charge in [-0.15, -0.1) is 0 Å². The molecule has 78 valence electrons. The van der Waals surface area contributed by atoms with Gasteiger partial charge in [0.1, 0.15) is 0 Å². The largest absolute Gasteiger partial charge is 0.394 e. The minimum absolute atomic E-state index is 0.0165. The fraction of sp³-hybridized carbons (Fsp3) is 0.231. The highest BCUT2D eigenvalue weighted by Crippen LogP contribution is 2.20. The molecule has 0 aromatic heterocycles. The van der Waals surface area contributed by atoms with Gasteiger partial charge in [-0.2, -0.15) is 0 Å². The van der Waals surface area contributed by atoms with Crippen LogP contribution in [0.5, 0.6) is 0 Å². The smallest absolute Gasteiger partial charge is 0.0624 e. The molecule has 0 amide bonds. The van der Waals surface area contributed by atoms with Crippen molar-refractivity contribution in [2.45, 2.75) is 13.0 Å². The number of rotatable bonds is 2. The van der Waals surface area contributed by atoms with E-state index >= 15 is 0 Å². The summed E-state index contributed by atoms with van der Waals surface area (Å²) in [7, 11) is 0. The van der Waals surface area contributed by atoms with E-state index in [1.54, 1.807) is 0 Å². The first kappa shape index (κ1) is 10.1. The quantitative estimate of drug-likeness (QED) is 0.782. The van der Waals surface area contributed by atoms with Gasteiger partial charge >= 0.3 is 0 Å². The second kappa shape index (κ2) is 4.01. The second-order valence-electron chi connectivity index (χ2n) is 3.90. The van der Waals surface area contributed by atoms with E-state index in [1.165, 1.54) is 16.3 Å². The Labute approximate surface area is 89.3 Å². The highest BCUT2D eigenvalue weighted by atomic mass is 16.3. The number of aliphatic hydroxyl groups is 1. The van der Waals surface area contributed by atoms with Crippen molar-refractivity contribution < 1.29 is 5.11 Å². The minimum Gasteiger partial charge on any atom is -0.394 e. The minimum atomic E-state index is -0.282. The third-order valence-corrected chi connectivity index (χ3v) is 2.64. The van der Waals surface area contributed by atoms with E-state index in [2.05, 4.69) is 25.1 Å². The maximum Gasteiger partial charge on any atom is 0.0624 e. The number of aryl methyl sites for hydroxylation is 1. The second-order valence-corrected chi connectivity index (χ2v) is 3.90. The van der Waals surface area contributed by atoms with Crippen LogP contribution >= 0.6 is 0 Å². The standard InChI is InChI=1S/C13H15NO/c1-9-2-3-10-4-5-11(13(14)8-15)7-12(10)6-9/h2-7,13,15H,8,14H2,1H3. The lowest BCUT2D eigenvalue weighted by Gasteiger charge is -2.09. The molecule has 2 nitrogen and oxygen atoms in total. The Kier molecular flexibility index (Phi) is 2.71. The summed E-state index contributed by atoms with van der Waals surface area (Å²) in [6, 6.07) is 12.1. The topological polar surface area (TPSA) is 46.2 Å². The molecule has 0 saturated carbocycles. The third kappa shape index (κ3) is 2.01. The summed E-state index contributed by atoms with van der Waals surface area (Å²) >= 11 is 0. The van der Waals surface area contributed by atoms with Crippen LogP contribution in [0.1, 0.15) is 17.2 Å². The molecule has 0 fully saturated rings. The third-order valence-electron chi connectivity index (χ3n) is 2.64. The van der Waals surface area contributed by atoms with Crippen LogP contribution in [-0.2, 0) is 0 Å². The Bertz CT molecular complexity index is 479. The average Bonchev–Trinajstić information content (AvgIpc) is 2.27. The van der Waals surface area contributed by atoms with Crippen molar-refractivity contribution in [1.82, 2.24) is 0 Å². The summed E-state index contributed by atoms with van der Waals surface area (Å²) in [5, 5.41) is 11.4. The molecule has 1 atom stereocenters. The highest BCUT2D eigenvalue weighted by Gasteiger charge is 2.04. The van der Waals surface area contributed by atoms with Crippen molar-refractivity contribution in [3.05, 3.63) is 47.5 Å². The van der Waals surface area contributed by atoms with Crippen LogP contribution < -0.4 is 5.73 Å². The van der Waals surface area contributed by atoms with Gasteiger partial charge in [-0.25, -0.2) is 0 Å². The molecule has 0 aliphatic carbocycles. The zero-order chi connectivity index (χ0) is 10.8. The molecule has 0 aliphatic rings. The number of nitrogens with two attached hydrogens (primary N) is 1. The zero-order valence-electron chi connectivity index (χ0n) is 8.77. The SMILES string of the molecule is Cc1ccc2ccc(C(N)CO)cc2c1. The fourth-order valence-corrected chi connectivity index (χ4v) is 1.72. The Morgan fingerprint density at radius 1 is 1.13 bits per heavy atom. The number of hydrogen-bond acceptors (Lipinski definition) is 2. The number of fused-ring (bicyclic) bond motifs is 1. The van der Waals surface area contributed by atoms with Crippen molar-refractivity contribution in [3.8, 4) is 0 Å². The van der Waals surface area contributed by atoms with Gasteiger partial charge in [-0.05, 0) is 29.3 Å². The first-order chi connectivity index (χ1) is 7.20. The lowest BCUT2D eigenvalue weighted by Crippen LogP contribution is -2.14. The highest BCUT2D eigenvalue weighted by molar-refractivity contribution is 5.83. The molecular weight excluding hydrogens is 186 g/mol. The molecule has 0 bridgehead atoms. The lowest BCUT2D eigenvalue weighted by molar-refractivity contribution is 0.268. The van der Waals surface area contributed by atoms with Crippen LogP contribution in [-0.4, -0.2) is 11.7 Å². The molecule has 0 aliphatic heterocycles. The van der Waals surface area contributed by atoms with Crippen molar-refractivity contribution >= 4 is 10.8 Å². The van der Waals surface area contributed by atoms with Crippen molar-refractivity contribution in [2.75, 3.05) is 6.61 Å². The summed E-state index contributed by atoms with van der Waals surface area (Å²) in [6.45, 7) is 2.05. The van der Waals surface area contributed by atoms with Gasteiger partial charge in [0.15, 0.2) is 0 Å². The van der Waals surface area contributed by atoms with E-state index in [0.717, 1.165) is 5.56 Å². The maximum absolute atomic E-state index is 8.99. The number of aliphatic hydroxyl groups excluding tert-OH is 1. The molecule has 2 heteroatoms. The van der Waals surface area contributed by atoms with Crippen molar-refractivity contribution in [3.63, 3.8) is 0 Å². The van der Waals surface area contributed by atoms with Gasteiger partial charge in [0.2, 0.25) is 0 Å². The van der Waals surface area contributed by atoms with E-state index < -0.39 is 0 Å². The zero-order valence-corrected chi connectivity index (χ0v) is 8.77. The van der Waals surface area contributed by atoms with Crippen molar-refractivity contribution in [1.29, 1.82) is 0 Å². The van der Waals surface area contributed by atoms with Gasteiger partial charge in [0, 0.05) is 0 Å². The van der Waals surface area contributed by atoms with E-state index in [9.17, 15) is 0 Å². The van der Waals surface area contributed by atoms with Crippen LogP contribution in [0.4, 0.5) is 0 Å². The van der Waals surface area contributed by atoms with E-state index in [1.807, 2.05) is 18.2 Å². The predicted octanol–water partition coefficient (Wildman–Crippen LogP) is 2.14.